The molecule has 39 heavy (non-hydrogen) atoms. The Balaban J connectivity index is 1.20. The van der Waals surface area contributed by atoms with Gasteiger partial charge in [-0.3, -0.25) is 9.59 Å². The topological polar surface area (TPSA) is 65.1 Å². The first-order valence-corrected chi connectivity index (χ1v) is 14.2. The van der Waals surface area contributed by atoms with Crippen LogP contribution in [0.15, 0.2) is 54.3 Å². The number of carbonyl (C=O) groups excluding carboxylic acids is 2. The van der Waals surface area contributed by atoms with Gasteiger partial charge in [-0.15, -0.1) is 0 Å². The van der Waals surface area contributed by atoms with E-state index in [0.29, 0.717) is 17.7 Å². The van der Waals surface area contributed by atoms with Crippen molar-refractivity contribution in [3.63, 3.8) is 0 Å². The van der Waals surface area contributed by atoms with E-state index in [1.54, 1.807) is 41.3 Å². The van der Waals surface area contributed by atoms with Crippen molar-refractivity contribution in [1.29, 1.82) is 0 Å². The molecule has 3 fully saturated rings. The van der Waals surface area contributed by atoms with Crippen LogP contribution in [0.5, 0.6) is 0 Å². The van der Waals surface area contributed by atoms with E-state index in [0.717, 1.165) is 70.4 Å². The number of hydrogen-bond donors (Lipinski definition) is 1. The van der Waals surface area contributed by atoms with Crippen molar-refractivity contribution in [2.45, 2.75) is 50.8 Å². The normalized spacial score (nSPS) is 23.4. The van der Waals surface area contributed by atoms with Gasteiger partial charge in [-0.1, -0.05) is 36.8 Å². The maximum atomic E-state index is 14.4. The number of nitrogens with one attached hydrogen (secondary N) is 1. The molecule has 0 spiro atoms. The molecular weight excluding hydrogens is 495 g/mol. The number of halogens is 1. The van der Waals surface area contributed by atoms with Gasteiger partial charge in [0, 0.05) is 50.4 Å². The fraction of sp³-hybridized carbons (Fsp3) is 0.484. The molecule has 2 heterocycles. The lowest BCUT2D eigenvalue weighted by atomic mass is 9.89. The molecule has 2 aliphatic heterocycles. The van der Waals surface area contributed by atoms with E-state index in [2.05, 4.69) is 22.2 Å². The summed E-state index contributed by atoms with van der Waals surface area (Å²) in [4.78, 5) is 32.7. The second-order valence-corrected chi connectivity index (χ2v) is 10.9. The van der Waals surface area contributed by atoms with Gasteiger partial charge in [0.25, 0.3) is 11.8 Å². The third kappa shape index (κ3) is 6.86. The lowest BCUT2D eigenvalue weighted by Gasteiger charge is -2.44. The highest BCUT2D eigenvalue weighted by atomic mass is 19.1. The van der Waals surface area contributed by atoms with Crippen LogP contribution in [0.1, 0.15) is 53.6 Å². The van der Waals surface area contributed by atoms with E-state index >= 15 is 0 Å². The summed E-state index contributed by atoms with van der Waals surface area (Å²) in [5.41, 5.74) is 1.88. The van der Waals surface area contributed by atoms with Gasteiger partial charge in [0.15, 0.2) is 5.76 Å². The summed E-state index contributed by atoms with van der Waals surface area (Å²) < 4.78 is 20.6. The van der Waals surface area contributed by atoms with Gasteiger partial charge < -0.3 is 24.8 Å². The van der Waals surface area contributed by atoms with Crippen molar-refractivity contribution in [2.75, 3.05) is 46.3 Å². The van der Waals surface area contributed by atoms with E-state index in [4.69, 9.17) is 4.74 Å². The van der Waals surface area contributed by atoms with Crippen LogP contribution in [0, 0.1) is 5.82 Å². The van der Waals surface area contributed by atoms with E-state index in [-0.39, 0.29) is 42.1 Å². The van der Waals surface area contributed by atoms with Gasteiger partial charge in [0.2, 0.25) is 0 Å². The van der Waals surface area contributed by atoms with E-state index in [1.807, 2.05) is 12.1 Å². The minimum Gasteiger partial charge on any atom is -0.482 e. The largest absolute Gasteiger partial charge is 0.482 e. The second-order valence-electron chi connectivity index (χ2n) is 10.9. The zero-order valence-electron chi connectivity index (χ0n) is 22.8. The minimum absolute atomic E-state index is 0.0506. The number of benzene rings is 2. The van der Waals surface area contributed by atoms with E-state index in [1.165, 1.54) is 6.07 Å². The number of ether oxygens (including phenoxy) is 1. The molecular formula is C31H39FN4O3. The zero-order chi connectivity index (χ0) is 27.2. The first-order valence-electron chi connectivity index (χ1n) is 14.2. The Hall–Kier alpha value is -3.23. The Morgan fingerprint density at radius 1 is 1.05 bits per heavy atom. The van der Waals surface area contributed by atoms with Gasteiger partial charge in [-0.2, -0.15) is 0 Å². The lowest BCUT2D eigenvalue weighted by molar-refractivity contribution is -0.149. The Labute approximate surface area is 230 Å². The zero-order valence-corrected chi connectivity index (χ0v) is 22.8. The monoisotopic (exact) mass is 534 g/mol. The molecule has 1 aliphatic carbocycles. The molecule has 2 atom stereocenters. The number of hydrogen-bond acceptors (Lipinski definition) is 5. The molecule has 5 rings (SSSR count). The molecule has 0 bridgehead atoms. The molecule has 2 unspecified atom stereocenters. The van der Waals surface area contributed by atoms with Crippen LogP contribution in [0.4, 0.5) is 4.39 Å². The van der Waals surface area contributed by atoms with Gasteiger partial charge in [0.05, 0.1) is 6.04 Å². The molecule has 2 aromatic carbocycles. The maximum Gasteiger partial charge on any atom is 0.289 e. The molecule has 8 heteroatoms. The number of piperazine rings is 1. The number of amides is 2. The number of morpholine rings is 1. The van der Waals surface area contributed by atoms with Crippen molar-refractivity contribution >= 4 is 17.9 Å². The molecule has 1 N–H and O–H groups in total. The fourth-order valence-electron chi connectivity index (χ4n) is 5.73. The predicted octanol–water partition coefficient (Wildman–Crippen LogP) is 3.90. The average Bonchev–Trinajstić information content (AvgIpc) is 2.95. The summed E-state index contributed by atoms with van der Waals surface area (Å²) in [6, 6.07) is 13.8. The van der Waals surface area contributed by atoms with Crippen LogP contribution in [0.25, 0.3) is 6.08 Å². The molecule has 1 saturated carbocycles. The third-order valence-corrected chi connectivity index (χ3v) is 8.12. The highest BCUT2D eigenvalue weighted by Crippen LogP contribution is 2.34. The Kier molecular flexibility index (Phi) is 8.94. The number of carbonyl (C=O) groups is 2. The maximum absolute atomic E-state index is 14.4. The summed E-state index contributed by atoms with van der Waals surface area (Å²) in [6.45, 7) is 6.20. The summed E-state index contributed by atoms with van der Waals surface area (Å²) in [6.07, 6.45) is 6.38. The second kappa shape index (κ2) is 12.7. The smallest absolute Gasteiger partial charge is 0.289 e. The van der Waals surface area contributed by atoms with Crippen molar-refractivity contribution in [3.05, 3.63) is 76.8 Å². The standard InChI is InChI=1S/C31H39FN4O3/c1-34-17-19-35(20-18-34)16-6-15-33-30(37)24-13-11-23(12-14-24)21-29-31(38)36(22-25-7-2-3-8-26(25)32)27-9-4-5-10-28(27)39-29/h2-3,7-8,11-14,21,27-28H,4-6,9-10,15-20,22H2,1H3,(H,33,37)/b29-21-. The summed E-state index contributed by atoms with van der Waals surface area (Å²) >= 11 is 0. The lowest BCUT2D eigenvalue weighted by Crippen LogP contribution is -2.54. The Bertz CT molecular complexity index is 1180. The van der Waals surface area contributed by atoms with Crippen molar-refractivity contribution in [2.24, 2.45) is 0 Å². The first kappa shape index (κ1) is 27.3. The van der Waals surface area contributed by atoms with Gasteiger partial charge >= 0.3 is 0 Å². The molecule has 2 amide bonds. The first-order chi connectivity index (χ1) is 19.0. The highest BCUT2D eigenvalue weighted by molar-refractivity contribution is 5.97. The minimum atomic E-state index is -0.303. The number of fused-ring (bicyclic) bond motifs is 1. The molecule has 0 aromatic heterocycles. The number of nitrogens with zero attached hydrogens (tertiary/aromatic N) is 3. The van der Waals surface area contributed by atoms with Crippen molar-refractivity contribution in [3.8, 4) is 0 Å². The van der Waals surface area contributed by atoms with Crippen molar-refractivity contribution in [1.82, 2.24) is 20.0 Å². The van der Waals surface area contributed by atoms with Gasteiger partial charge in [-0.25, -0.2) is 4.39 Å². The molecule has 208 valence electrons. The van der Waals surface area contributed by atoms with Gasteiger partial charge in [-0.05, 0) is 69.1 Å². The Morgan fingerprint density at radius 3 is 2.56 bits per heavy atom. The predicted molar refractivity (Wildman–Crippen MR) is 149 cm³/mol. The molecule has 3 aliphatic rings. The molecule has 0 radical (unpaired) electrons. The highest BCUT2D eigenvalue weighted by Gasteiger charge is 2.41. The Morgan fingerprint density at radius 2 is 1.79 bits per heavy atom. The number of likely N-dealkylation sites (N-methyl/N-ethyl adjacent to an activating group) is 1. The third-order valence-electron chi connectivity index (χ3n) is 8.12. The fourth-order valence-corrected chi connectivity index (χ4v) is 5.73. The molecule has 7 nitrogen and oxygen atoms in total. The summed E-state index contributed by atoms with van der Waals surface area (Å²) in [5.74, 6) is -0.347. The molecule has 2 saturated heterocycles. The summed E-state index contributed by atoms with van der Waals surface area (Å²) in [5, 5.41) is 3.01. The number of rotatable bonds is 8. The summed E-state index contributed by atoms with van der Waals surface area (Å²) in [7, 11) is 2.15. The quantitative estimate of drug-likeness (QED) is 0.411. The van der Waals surface area contributed by atoms with Crippen LogP contribution < -0.4 is 5.32 Å². The van der Waals surface area contributed by atoms with Crippen LogP contribution in [-0.4, -0.2) is 85.0 Å². The average molecular weight is 535 g/mol. The van der Waals surface area contributed by atoms with Gasteiger partial charge in [0.1, 0.15) is 11.9 Å². The van der Waals surface area contributed by atoms with Crippen LogP contribution in [0.3, 0.4) is 0 Å². The van der Waals surface area contributed by atoms with Crippen LogP contribution in [-0.2, 0) is 16.1 Å². The SMILES string of the molecule is CN1CCN(CCCNC(=O)c2ccc(/C=C3\OC4CCCCC4N(Cc4ccccc4F)C3=O)cc2)CC1. The van der Waals surface area contributed by atoms with E-state index < -0.39 is 0 Å². The van der Waals surface area contributed by atoms with Crippen LogP contribution >= 0.6 is 0 Å². The molecule has 2 aromatic rings. The van der Waals surface area contributed by atoms with E-state index in [9.17, 15) is 14.0 Å². The van der Waals surface area contributed by atoms with Crippen LogP contribution in [0.2, 0.25) is 0 Å². The van der Waals surface area contributed by atoms with Crippen molar-refractivity contribution < 1.29 is 18.7 Å².